The van der Waals surface area contributed by atoms with E-state index in [-0.39, 0.29) is 12.4 Å². The van der Waals surface area contributed by atoms with Gasteiger partial charge in [-0.2, -0.15) is 0 Å². The molecule has 0 aromatic carbocycles. The Bertz CT molecular complexity index is 371. The van der Waals surface area contributed by atoms with Crippen molar-refractivity contribution in [2.45, 2.75) is 5.88 Å². The summed E-state index contributed by atoms with van der Waals surface area (Å²) in [6, 6.07) is 0. The lowest BCUT2D eigenvalue weighted by molar-refractivity contribution is 1.11. The number of alkyl halides is 1. The number of hydrogen-bond acceptors (Lipinski definition) is 2. The van der Waals surface area contributed by atoms with E-state index in [2.05, 4.69) is 9.97 Å². The van der Waals surface area contributed by atoms with Crippen molar-refractivity contribution in [2.75, 3.05) is 0 Å². The molecule has 0 aliphatic rings. The van der Waals surface area contributed by atoms with Gasteiger partial charge in [0.2, 0.25) is 0 Å². The van der Waals surface area contributed by atoms with Crippen molar-refractivity contribution in [1.29, 1.82) is 0 Å². The molecule has 0 unspecified atom stereocenters. The summed E-state index contributed by atoms with van der Waals surface area (Å²) >= 11 is 5.64. The maximum atomic E-state index is 5.64. The first-order valence-electron chi connectivity index (χ1n) is 3.23. The zero-order chi connectivity index (χ0) is 7.68. The smallest absolute Gasteiger partial charge is 0.0996 e. The molecule has 0 aliphatic heterocycles. The highest BCUT2D eigenvalue weighted by molar-refractivity contribution is 6.17. The van der Waals surface area contributed by atoms with Crippen LogP contribution in [0.4, 0.5) is 0 Å². The van der Waals surface area contributed by atoms with Gasteiger partial charge in [0, 0.05) is 12.4 Å². The predicted octanol–water partition coefficient (Wildman–Crippen LogP) is 1.89. The van der Waals surface area contributed by atoms with Crippen LogP contribution in [0.3, 0.4) is 0 Å². The quantitative estimate of drug-likeness (QED) is 0.664. The summed E-state index contributed by atoms with van der Waals surface area (Å²) in [7, 11) is 0. The van der Waals surface area contributed by atoms with Gasteiger partial charge in [0.1, 0.15) is 0 Å². The first-order chi connectivity index (χ1) is 5.42. The number of rotatable bonds is 1. The number of aromatic nitrogens is 3. The number of fused-ring (bicyclic) bond motifs is 1. The molecule has 0 atom stereocenters. The van der Waals surface area contributed by atoms with Crippen molar-refractivity contribution < 1.29 is 0 Å². The Morgan fingerprint density at radius 3 is 3.08 bits per heavy atom. The molecule has 0 bridgehead atoms. The third-order valence-corrected chi connectivity index (χ3v) is 1.80. The van der Waals surface area contributed by atoms with E-state index >= 15 is 0 Å². The molecule has 0 fully saturated rings. The average Bonchev–Trinajstić information content (AvgIpc) is 2.47. The molecule has 0 saturated carbocycles. The molecule has 2 heterocycles. The van der Waals surface area contributed by atoms with Gasteiger partial charge in [0.15, 0.2) is 0 Å². The maximum absolute atomic E-state index is 5.64. The van der Waals surface area contributed by atoms with E-state index in [1.54, 1.807) is 18.7 Å². The van der Waals surface area contributed by atoms with Crippen LogP contribution in [0.2, 0.25) is 0 Å². The van der Waals surface area contributed by atoms with Gasteiger partial charge >= 0.3 is 0 Å². The van der Waals surface area contributed by atoms with E-state index in [1.165, 1.54) is 0 Å². The molecule has 0 N–H and O–H groups in total. The Morgan fingerprint density at radius 2 is 2.33 bits per heavy atom. The Morgan fingerprint density at radius 1 is 1.50 bits per heavy atom. The van der Waals surface area contributed by atoms with Crippen LogP contribution in [-0.2, 0) is 5.88 Å². The van der Waals surface area contributed by atoms with Crippen LogP contribution < -0.4 is 0 Å². The van der Waals surface area contributed by atoms with Gasteiger partial charge < -0.3 is 4.40 Å². The molecule has 0 amide bonds. The fourth-order valence-corrected chi connectivity index (χ4v) is 1.20. The van der Waals surface area contributed by atoms with Crippen molar-refractivity contribution in [1.82, 2.24) is 14.4 Å². The van der Waals surface area contributed by atoms with E-state index in [4.69, 9.17) is 11.6 Å². The highest BCUT2D eigenvalue weighted by Crippen LogP contribution is 2.08. The van der Waals surface area contributed by atoms with Crippen LogP contribution in [0, 0.1) is 0 Å². The van der Waals surface area contributed by atoms with E-state index in [9.17, 15) is 0 Å². The van der Waals surface area contributed by atoms with Gasteiger partial charge in [-0.05, 0) is 0 Å². The summed E-state index contributed by atoms with van der Waals surface area (Å²) in [5, 5.41) is 0. The van der Waals surface area contributed by atoms with Crippen molar-refractivity contribution in [3.63, 3.8) is 0 Å². The van der Waals surface area contributed by atoms with Gasteiger partial charge in [-0.3, -0.25) is 4.98 Å². The lowest BCUT2D eigenvalue weighted by atomic mass is 10.4. The molecule has 64 valence electrons. The van der Waals surface area contributed by atoms with Gasteiger partial charge in [0.25, 0.3) is 0 Å². The third kappa shape index (κ3) is 1.38. The van der Waals surface area contributed by atoms with Crippen LogP contribution in [0.5, 0.6) is 0 Å². The summed E-state index contributed by atoms with van der Waals surface area (Å²) in [5.41, 5.74) is 1.85. The van der Waals surface area contributed by atoms with Crippen LogP contribution >= 0.6 is 24.0 Å². The van der Waals surface area contributed by atoms with Crippen molar-refractivity contribution in [3.05, 3.63) is 30.6 Å². The molecule has 0 saturated heterocycles. The van der Waals surface area contributed by atoms with Crippen LogP contribution in [0.15, 0.2) is 24.9 Å². The number of halogens is 2. The second-order valence-electron chi connectivity index (χ2n) is 2.19. The van der Waals surface area contributed by atoms with Gasteiger partial charge in [-0.25, -0.2) is 4.98 Å². The highest BCUT2D eigenvalue weighted by atomic mass is 35.5. The minimum absolute atomic E-state index is 0. The molecular weight excluding hydrogens is 197 g/mol. The standard InChI is InChI=1S/C7H6ClN3.ClH/c8-3-6-7-4-9-1-2-11(7)5-10-6;/h1-2,4-5H,3H2;1H. The van der Waals surface area contributed by atoms with Crippen molar-refractivity contribution in [3.8, 4) is 0 Å². The Hall–Kier alpha value is -0.800. The number of nitrogens with zero attached hydrogens (tertiary/aromatic N) is 3. The maximum Gasteiger partial charge on any atom is 0.0996 e. The molecule has 0 spiro atoms. The van der Waals surface area contributed by atoms with E-state index in [0.717, 1.165) is 11.2 Å². The molecule has 2 rings (SSSR count). The minimum Gasteiger partial charge on any atom is -0.303 e. The third-order valence-electron chi connectivity index (χ3n) is 1.55. The molecule has 0 aliphatic carbocycles. The second kappa shape index (κ2) is 3.74. The lowest BCUT2D eigenvalue weighted by Gasteiger charge is -1.90. The monoisotopic (exact) mass is 203 g/mol. The summed E-state index contributed by atoms with van der Waals surface area (Å²) < 4.78 is 1.89. The Labute approximate surface area is 80.8 Å². The number of imidazole rings is 1. The minimum atomic E-state index is 0. The Balaban J connectivity index is 0.000000720. The molecule has 3 nitrogen and oxygen atoms in total. The molecule has 0 radical (unpaired) electrons. The molecule has 2 aromatic rings. The van der Waals surface area contributed by atoms with Gasteiger partial charge in [-0.15, -0.1) is 24.0 Å². The van der Waals surface area contributed by atoms with Crippen molar-refractivity contribution in [2.24, 2.45) is 0 Å². The van der Waals surface area contributed by atoms with E-state index < -0.39 is 0 Å². The first kappa shape index (κ1) is 9.29. The fraction of sp³-hybridized carbons (Fsp3) is 0.143. The summed E-state index contributed by atoms with van der Waals surface area (Å²) in [4.78, 5) is 8.08. The van der Waals surface area contributed by atoms with E-state index in [0.29, 0.717) is 5.88 Å². The van der Waals surface area contributed by atoms with Crippen LogP contribution in [-0.4, -0.2) is 14.4 Å². The molecular formula is C7H7Cl2N3. The average molecular weight is 204 g/mol. The molecule has 2 aromatic heterocycles. The summed E-state index contributed by atoms with van der Waals surface area (Å²) in [6.07, 6.45) is 7.05. The SMILES string of the molecule is Cl.ClCc1ncn2ccncc12. The predicted molar refractivity (Wildman–Crippen MR) is 49.8 cm³/mol. The Kier molecular flexibility index (Phi) is 2.89. The highest BCUT2D eigenvalue weighted by Gasteiger charge is 2.00. The van der Waals surface area contributed by atoms with Gasteiger partial charge in [0.05, 0.1) is 29.6 Å². The fourth-order valence-electron chi connectivity index (χ4n) is 0.996. The summed E-state index contributed by atoms with van der Waals surface area (Å²) in [6.45, 7) is 0. The van der Waals surface area contributed by atoms with E-state index in [1.807, 2.05) is 10.6 Å². The number of hydrogen-bond donors (Lipinski definition) is 0. The van der Waals surface area contributed by atoms with Crippen LogP contribution in [0.25, 0.3) is 5.52 Å². The molecule has 12 heavy (non-hydrogen) atoms. The zero-order valence-corrected chi connectivity index (χ0v) is 7.72. The molecule has 5 heteroatoms. The van der Waals surface area contributed by atoms with Crippen LogP contribution in [0.1, 0.15) is 5.69 Å². The second-order valence-corrected chi connectivity index (χ2v) is 2.46. The summed E-state index contributed by atoms with van der Waals surface area (Å²) in [5.74, 6) is 0.433. The largest absolute Gasteiger partial charge is 0.303 e. The van der Waals surface area contributed by atoms with Gasteiger partial charge in [-0.1, -0.05) is 0 Å². The zero-order valence-electron chi connectivity index (χ0n) is 6.14. The lowest BCUT2D eigenvalue weighted by Crippen LogP contribution is -1.83. The topological polar surface area (TPSA) is 30.2 Å². The first-order valence-corrected chi connectivity index (χ1v) is 3.77. The normalized spacial score (nSPS) is 9.75. The van der Waals surface area contributed by atoms with Crippen molar-refractivity contribution >= 4 is 29.5 Å².